The quantitative estimate of drug-likeness (QED) is 0.839. The van der Waals surface area contributed by atoms with Crippen molar-refractivity contribution in [2.75, 3.05) is 6.26 Å². The molecule has 0 saturated heterocycles. The van der Waals surface area contributed by atoms with Crippen LogP contribution in [0.3, 0.4) is 0 Å². The molecule has 144 valence electrons. The molecule has 3 rings (SSSR count). The highest BCUT2D eigenvalue weighted by molar-refractivity contribution is 7.90. The molecule has 7 nitrogen and oxygen atoms in total. The Bertz CT molecular complexity index is 986. The molecule has 0 atom stereocenters. The van der Waals surface area contributed by atoms with Crippen molar-refractivity contribution in [1.29, 1.82) is 0 Å². The van der Waals surface area contributed by atoms with E-state index < -0.39 is 15.8 Å². The zero-order valence-electron chi connectivity index (χ0n) is 14.9. The van der Waals surface area contributed by atoms with Crippen molar-refractivity contribution in [3.63, 3.8) is 0 Å². The number of aliphatic carboxylic acids is 1. The summed E-state index contributed by atoms with van der Waals surface area (Å²) < 4.78 is 30.3. The van der Waals surface area contributed by atoms with E-state index >= 15 is 0 Å². The first-order valence-corrected chi connectivity index (χ1v) is 10.6. The highest BCUT2D eigenvalue weighted by atomic mass is 32.2. The molecule has 0 amide bonds. The number of pyridine rings is 1. The van der Waals surface area contributed by atoms with Crippen LogP contribution in [0.15, 0.2) is 52.3 Å². The summed E-state index contributed by atoms with van der Waals surface area (Å²) in [5.41, 5.74) is 0.264. The highest BCUT2D eigenvalue weighted by Gasteiger charge is 2.27. The van der Waals surface area contributed by atoms with Gasteiger partial charge in [0.15, 0.2) is 9.84 Å². The van der Waals surface area contributed by atoms with Gasteiger partial charge in [0.1, 0.15) is 5.75 Å². The number of sulfone groups is 1. The predicted molar refractivity (Wildman–Crippen MR) is 99.2 cm³/mol. The van der Waals surface area contributed by atoms with Crippen molar-refractivity contribution in [2.45, 2.75) is 36.7 Å². The fourth-order valence-electron chi connectivity index (χ4n) is 3.22. The molecule has 0 bridgehead atoms. The van der Waals surface area contributed by atoms with E-state index in [0.29, 0.717) is 37.1 Å². The van der Waals surface area contributed by atoms with Crippen LogP contribution in [0.25, 0.3) is 5.69 Å². The molecule has 0 radical (unpaired) electrons. The predicted octanol–water partition coefficient (Wildman–Crippen LogP) is 2.26. The summed E-state index contributed by atoms with van der Waals surface area (Å²) in [7, 11) is -3.29. The van der Waals surface area contributed by atoms with Gasteiger partial charge < -0.3 is 9.84 Å². The fourth-order valence-corrected chi connectivity index (χ4v) is 3.85. The third kappa shape index (κ3) is 4.57. The topological polar surface area (TPSA) is 103 Å². The molecule has 0 unspecified atom stereocenters. The van der Waals surface area contributed by atoms with Crippen molar-refractivity contribution >= 4 is 15.8 Å². The molecule has 1 heterocycles. The van der Waals surface area contributed by atoms with Gasteiger partial charge in [0.05, 0.1) is 16.9 Å². The molecule has 1 aliphatic carbocycles. The Morgan fingerprint density at radius 3 is 2.26 bits per heavy atom. The number of hydrogen-bond acceptors (Lipinski definition) is 5. The zero-order valence-corrected chi connectivity index (χ0v) is 15.7. The van der Waals surface area contributed by atoms with E-state index in [1.807, 2.05) is 0 Å². The smallest absolute Gasteiger partial charge is 0.306 e. The Kier molecular flexibility index (Phi) is 5.36. The van der Waals surface area contributed by atoms with Crippen molar-refractivity contribution in [2.24, 2.45) is 5.92 Å². The average Bonchev–Trinajstić information content (AvgIpc) is 2.62. The molecule has 1 aromatic carbocycles. The lowest BCUT2D eigenvalue weighted by molar-refractivity contribution is -0.143. The summed E-state index contributed by atoms with van der Waals surface area (Å²) in [5, 5.41) is 9.03. The van der Waals surface area contributed by atoms with Crippen LogP contribution in [0, 0.1) is 5.92 Å². The molecule has 1 saturated carbocycles. The second-order valence-corrected chi connectivity index (χ2v) is 8.78. The summed E-state index contributed by atoms with van der Waals surface area (Å²) in [6.45, 7) is 0. The molecule has 0 spiro atoms. The van der Waals surface area contributed by atoms with Gasteiger partial charge in [-0.15, -0.1) is 0 Å². The maximum Gasteiger partial charge on any atom is 0.306 e. The van der Waals surface area contributed by atoms with E-state index in [1.165, 1.54) is 22.8 Å². The van der Waals surface area contributed by atoms with Crippen molar-refractivity contribution in [3.8, 4) is 11.4 Å². The van der Waals surface area contributed by atoms with Gasteiger partial charge in [-0.2, -0.15) is 0 Å². The van der Waals surface area contributed by atoms with E-state index in [9.17, 15) is 18.0 Å². The normalized spacial score (nSPS) is 20.2. The van der Waals surface area contributed by atoms with E-state index in [4.69, 9.17) is 9.84 Å². The molecule has 1 aromatic heterocycles. The maximum atomic E-state index is 12.4. The van der Waals surface area contributed by atoms with Crippen LogP contribution in [0.2, 0.25) is 0 Å². The van der Waals surface area contributed by atoms with Gasteiger partial charge in [0.25, 0.3) is 5.56 Å². The van der Waals surface area contributed by atoms with E-state index in [1.54, 1.807) is 24.4 Å². The van der Waals surface area contributed by atoms with Crippen LogP contribution < -0.4 is 10.3 Å². The van der Waals surface area contributed by atoms with Crippen LogP contribution in [-0.4, -0.2) is 36.4 Å². The van der Waals surface area contributed by atoms with E-state index in [0.717, 1.165) is 6.26 Å². The van der Waals surface area contributed by atoms with Gasteiger partial charge in [0.2, 0.25) is 0 Å². The van der Waals surface area contributed by atoms with E-state index in [2.05, 4.69) is 0 Å². The number of nitrogens with zero attached hydrogens (tertiary/aromatic N) is 1. The van der Waals surface area contributed by atoms with Crippen LogP contribution in [0.4, 0.5) is 0 Å². The minimum Gasteiger partial charge on any atom is -0.490 e. The molecular formula is C19H21NO6S. The van der Waals surface area contributed by atoms with Gasteiger partial charge >= 0.3 is 5.97 Å². The Labute approximate surface area is 157 Å². The first-order valence-electron chi connectivity index (χ1n) is 8.67. The average molecular weight is 391 g/mol. The number of carbonyl (C=O) groups is 1. The first kappa shape index (κ1) is 19.2. The van der Waals surface area contributed by atoms with E-state index in [-0.39, 0.29) is 22.5 Å². The monoisotopic (exact) mass is 391 g/mol. The number of aromatic nitrogens is 1. The lowest BCUT2D eigenvalue weighted by Gasteiger charge is -2.26. The summed E-state index contributed by atoms with van der Waals surface area (Å²) in [6.07, 6.45) is 5.05. The molecule has 27 heavy (non-hydrogen) atoms. The summed E-state index contributed by atoms with van der Waals surface area (Å²) >= 11 is 0. The van der Waals surface area contributed by atoms with Crippen molar-refractivity contribution in [3.05, 3.63) is 52.9 Å². The Hall–Kier alpha value is -2.61. The lowest BCUT2D eigenvalue weighted by atomic mass is 9.87. The first-order chi connectivity index (χ1) is 12.7. The van der Waals surface area contributed by atoms with Crippen LogP contribution in [0.5, 0.6) is 5.75 Å². The molecule has 2 aromatic rings. The SMILES string of the molecule is CS(=O)(=O)c1ccc(-n2ccc(O[C@H]3CC[C@H](C(=O)O)CC3)cc2=O)cc1. The number of rotatable bonds is 5. The van der Waals surface area contributed by atoms with Crippen molar-refractivity contribution in [1.82, 2.24) is 4.57 Å². The Morgan fingerprint density at radius 1 is 1.11 bits per heavy atom. The lowest BCUT2D eigenvalue weighted by Crippen LogP contribution is -2.28. The van der Waals surface area contributed by atoms with Gasteiger partial charge in [0, 0.05) is 24.2 Å². The third-order valence-corrected chi connectivity index (χ3v) is 5.89. The molecule has 1 N–H and O–H groups in total. The number of carboxylic acid groups (broad SMARTS) is 1. The molecule has 1 fully saturated rings. The van der Waals surface area contributed by atoms with Gasteiger partial charge in [-0.3, -0.25) is 14.2 Å². The van der Waals surface area contributed by atoms with Gasteiger partial charge in [-0.25, -0.2) is 8.42 Å². The highest BCUT2D eigenvalue weighted by Crippen LogP contribution is 2.27. The summed E-state index contributed by atoms with van der Waals surface area (Å²) in [6, 6.07) is 9.13. The minimum atomic E-state index is -3.29. The number of benzene rings is 1. The van der Waals surface area contributed by atoms with Crippen LogP contribution >= 0.6 is 0 Å². The van der Waals surface area contributed by atoms with Crippen molar-refractivity contribution < 1.29 is 23.1 Å². The summed E-state index contributed by atoms with van der Waals surface area (Å²) in [5.74, 6) is -0.631. The summed E-state index contributed by atoms with van der Waals surface area (Å²) in [4.78, 5) is 23.6. The van der Waals surface area contributed by atoms with Gasteiger partial charge in [-0.1, -0.05) is 0 Å². The van der Waals surface area contributed by atoms with Crippen LogP contribution in [0.1, 0.15) is 25.7 Å². The standard InChI is InChI=1S/C19H21NO6S/c1-27(24,25)17-8-4-14(5-9-17)20-11-10-16(12-18(20)21)26-15-6-2-13(3-7-15)19(22)23/h4-5,8-13,15H,2-3,6-7H2,1H3,(H,22,23)/t13-,15-. The molecule has 0 aliphatic heterocycles. The van der Waals surface area contributed by atoms with Gasteiger partial charge in [-0.05, 0) is 56.0 Å². The molecular weight excluding hydrogens is 370 g/mol. The zero-order chi connectivity index (χ0) is 19.6. The fraction of sp³-hybridized carbons (Fsp3) is 0.368. The number of hydrogen-bond donors (Lipinski definition) is 1. The second-order valence-electron chi connectivity index (χ2n) is 6.77. The maximum absolute atomic E-state index is 12.4. The second kappa shape index (κ2) is 7.56. The minimum absolute atomic E-state index is 0.0927. The largest absolute Gasteiger partial charge is 0.490 e. The third-order valence-electron chi connectivity index (χ3n) is 4.76. The van der Waals surface area contributed by atoms with Crippen LogP contribution in [-0.2, 0) is 14.6 Å². The Morgan fingerprint density at radius 2 is 1.74 bits per heavy atom. The molecule has 1 aliphatic rings. The molecule has 8 heteroatoms. The Balaban J connectivity index is 1.71. The number of carboxylic acids is 1. The number of ether oxygens (including phenoxy) is 1.